The zero-order valence-electron chi connectivity index (χ0n) is 20.8. The molecule has 0 saturated carbocycles. The van der Waals surface area contributed by atoms with Gasteiger partial charge < -0.3 is 14.5 Å². The molecular weight excluding hydrogens is 485 g/mol. The van der Waals surface area contributed by atoms with Crippen LogP contribution in [0.3, 0.4) is 0 Å². The fourth-order valence-corrected chi connectivity index (χ4v) is 7.27. The molecule has 0 radical (unpaired) electrons. The SMILES string of the molecule is COC(=O)[C@@H]1CN(C(C)=O)CCN1c1ccc(CN2[C@@H](C)CCC(c3ccccc3)S2(=O)=O)c(F)c1. The first-order valence-electron chi connectivity index (χ1n) is 12.1. The molecule has 2 aliphatic rings. The van der Waals surface area contributed by atoms with Crippen molar-refractivity contribution in [3.63, 3.8) is 0 Å². The largest absolute Gasteiger partial charge is 0.467 e. The Balaban J connectivity index is 1.57. The van der Waals surface area contributed by atoms with E-state index in [1.807, 2.05) is 37.3 Å². The van der Waals surface area contributed by atoms with Crippen molar-refractivity contribution in [2.24, 2.45) is 0 Å². The Morgan fingerprint density at radius 2 is 1.81 bits per heavy atom. The zero-order chi connectivity index (χ0) is 26.0. The molecule has 8 nitrogen and oxygen atoms in total. The van der Waals surface area contributed by atoms with Crippen LogP contribution in [0.25, 0.3) is 0 Å². The lowest BCUT2D eigenvalue weighted by Gasteiger charge is -2.41. The van der Waals surface area contributed by atoms with Crippen LogP contribution in [0.15, 0.2) is 48.5 Å². The molecule has 2 saturated heterocycles. The van der Waals surface area contributed by atoms with Crippen molar-refractivity contribution >= 4 is 27.6 Å². The lowest BCUT2D eigenvalue weighted by Crippen LogP contribution is -2.58. The van der Waals surface area contributed by atoms with E-state index in [1.54, 1.807) is 21.9 Å². The number of esters is 1. The maximum absolute atomic E-state index is 15.3. The van der Waals surface area contributed by atoms with E-state index < -0.39 is 33.1 Å². The van der Waals surface area contributed by atoms with Gasteiger partial charge in [-0.15, -0.1) is 0 Å². The Kier molecular flexibility index (Phi) is 7.65. The van der Waals surface area contributed by atoms with E-state index in [4.69, 9.17) is 4.74 Å². The fourth-order valence-electron chi connectivity index (χ4n) is 5.08. The van der Waals surface area contributed by atoms with Gasteiger partial charge >= 0.3 is 5.97 Å². The monoisotopic (exact) mass is 517 g/mol. The van der Waals surface area contributed by atoms with Gasteiger partial charge in [0.1, 0.15) is 17.1 Å². The molecule has 2 aromatic rings. The van der Waals surface area contributed by atoms with Gasteiger partial charge in [0.25, 0.3) is 0 Å². The van der Waals surface area contributed by atoms with E-state index in [0.717, 1.165) is 5.56 Å². The number of ether oxygens (including phenoxy) is 1. The Morgan fingerprint density at radius 3 is 2.44 bits per heavy atom. The summed E-state index contributed by atoms with van der Waals surface area (Å²) < 4.78 is 48.7. The molecule has 10 heteroatoms. The molecule has 194 valence electrons. The predicted molar refractivity (Wildman–Crippen MR) is 134 cm³/mol. The maximum atomic E-state index is 15.3. The zero-order valence-corrected chi connectivity index (χ0v) is 21.6. The van der Waals surface area contributed by atoms with Gasteiger partial charge in [-0.25, -0.2) is 17.6 Å². The van der Waals surface area contributed by atoms with Gasteiger partial charge in [0.15, 0.2) is 0 Å². The fraction of sp³-hybridized carbons (Fsp3) is 0.462. The van der Waals surface area contributed by atoms with Gasteiger partial charge in [-0.05, 0) is 37.5 Å². The van der Waals surface area contributed by atoms with Crippen LogP contribution in [0, 0.1) is 5.82 Å². The molecular formula is C26H32FN3O5S. The van der Waals surface area contributed by atoms with Crippen molar-refractivity contribution in [1.82, 2.24) is 9.21 Å². The van der Waals surface area contributed by atoms with Crippen LogP contribution in [0.2, 0.25) is 0 Å². The number of halogens is 1. The predicted octanol–water partition coefficient (Wildman–Crippen LogP) is 3.09. The van der Waals surface area contributed by atoms with E-state index >= 15 is 4.39 Å². The van der Waals surface area contributed by atoms with Gasteiger partial charge in [-0.3, -0.25) is 4.79 Å². The quantitative estimate of drug-likeness (QED) is 0.567. The highest BCUT2D eigenvalue weighted by molar-refractivity contribution is 7.89. The third-order valence-corrected chi connectivity index (χ3v) is 9.56. The molecule has 0 aliphatic carbocycles. The minimum atomic E-state index is -3.69. The summed E-state index contributed by atoms with van der Waals surface area (Å²) in [5.41, 5.74) is 1.48. The standard InChI is InChI=1S/C26H32FN3O5S/c1-18-9-12-25(20-7-5-4-6-8-20)36(33,34)30(18)16-21-10-11-22(15-23(21)27)29-14-13-28(19(2)31)17-24(29)26(32)35-3/h4-8,10-11,15,18,24-25H,9,12-14,16-17H2,1-3H3/t18-,24-,25?/m0/s1. The number of amides is 1. The number of sulfonamides is 1. The van der Waals surface area contributed by atoms with Crippen molar-refractivity contribution in [1.29, 1.82) is 0 Å². The van der Waals surface area contributed by atoms with Gasteiger partial charge in [0.05, 0.1) is 13.7 Å². The van der Waals surface area contributed by atoms with Gasteiger partial charge in [0, 0.05) is 43.9 Å². The Labute approximate surface area is 211 Å². The van der Waals surface area contributed by atoms with E-state index in [0.29, 0.717) is 31.6 Å². The number of methoxy groups -OCH3 is 1. The van der Waals surface area contributed by atoms with Crippen LogP contribution in [-0.2, 0) is 30.9 Å². The summed E-state index contributed by atoms with van der Waals surface area (Å²) in [6.45, 7) is 4.11. The highest BCUT2D eigenvalue weighted by atomic mass is 32.2. The first kappa shape index (κ1) is 26.1. The molecule has 0 spiro atoms. The number of piperazine rings is 1. The van der Waals surface area contributed by atoms with Crippen LogP contribution >= 0.6 is 0 Å². The Hall–Kier alpha value is -2.98. The van der Waals surface area contributed by atoms with E-state index in [2.05, 4.69) is 0 Å². The average molecular weight is 518 g/mol. The average Bonchev–Trinajstić information content (AvgIpc) is 2.86. The summed E-state index contributed by atoms with van der Waals surface area (Å²) in [4.78, 5) is 27.5. The maximum Gasteiger partial charge on any atom is 0.330 e. The Bertz CT molecular complexity index is 1220. The smallest absolute Gasteiger partial charge is 0.330 e. The van der Waals surface area contributed by atoms with Crippen molar-refractivity contribution < 1.29 is 27.1 Å². The molecule has 2 heterocycles. The van der Waals surface area contributed by atoms with Crippen LogP contribution < -0.4 is 4.90 Å². The van der Waals surface area contributed by atoms with Crippen LogP contribution in [-0.4, -0.2) is 68.3 Å². The summed E-state index contributed by atoms with van der Waals surface area (Å²) in [5, 5.41) is -0.657. The summed E-state index contributed by atoms with van der Waals surface area (Å²) in [7, 11) is -2.41. The molecule has 3 atom stereocenters. The van der Waals surface area contributed by atoms with Gasteiger partial charge in [-0.2, -0.15) is 4.31 Å². The lowest BCUT2D eigenvalue weighted by molar-refractivity contribution is -0.144. The van der Waals surface area contributed by atoms with Gasteiger partial charge in [-0.1, -0.05) is 36.4 Å². The number of nitrogens with zero attached hydrogens (tertiary/aromatic N) is 3. The molecule has 1 amide bonds. The number of rotatable bonds is 5. The second kappa shape index (κ2) is 10.6. The first-order valence-corrected chi connectivity index (χ1v) is 13.6. The number of anilines is 1. The van der Waals surface area contributed by atoms with Crippen LogP contribution in [0.5, 0.6) is 0 Å². The molecule has 0 N–H and O–H groups in total. The van der Waals surface area contributed by atoms with Crippen LogP contribution in [0.4, 0.5) is 10.1 Å². The van der Waals surface area contributed by atoms with Crippen molar-refractivity contribution in [2.75, 3.05) is 31.6 Å². The second-order valence-electron chi connectivity index (χ2n) is 9.39. The second-order valence-corrected chi connectivity index (χ2v) is 11.5. The topological polar surface area (TPSA) is 87.2 Å². The highest BCUT2D eigenvalue weighted by Crippen LogP contribution is 2.38. The molecule has 0 aromatic heterocycles. The summed E-state index contributed by atoms with van der Waals surface area (Å²) in [5.74, 6) is -1.20. The number of hydrogen-bond acceptors (Lipinski definition) is 6. The van der Waals surface area contributed by atoms with E-state index in [-0.39, 0.29) is 30.6 Å². The third kappa shape index (κ3) is 5.10. The third-order valence-electron chi connectivity index (χ3n) is 7.19. The van der Waals surface area contributed by atoms with Crippen molar-refractivity contribution in [3.8, 4) is 0 Å². The molecule has 1 unspecified atom stereocenters. The van der Waals surface area contributed by atoms with Crippen molar-refractivity contribution in [3.05, 3.63) is 65.5 Å². The molecule has 2 aliphatic heterocycles. The summed E-state index contributed by atoms with van der Waals surface area (Å²) in [6.07, 6.45) is 1.20. The molecule has 0 bridgehead atoms. The number of carbonyl (C=O) groups is 2. The van der Waals surface area contributed by atoms with Crippen molar-refractivity contribution in [2.45, 2.75) is 50.6 Å². The van der Waals surface area contributed by atoms with Crippen LogP contribution in [0.1, 0.15) is 43.1 Å². The molecule has 2 aromatic carbocycles. The highest BCUT2D eigenvalue weighted by Gasteiger charge is 2.41. The summed E-state index contributed by atoms with van der Waals surface area (Å²) >= 11 is 0. The number of hydrogen-bond donors (Lipinski definition) is 0. The number of benzene rings is 2. The van der Waals surface area contributed by atoms with Gasteiger partial charge in [0.2, 0.25) is 15.9 Å². The molecule has 36 heavy (non-hydrogen) atoms. The van der Waals surface area contributed by atoms with E-state index in [9.17, 15) is 18.0 Å². The first-order chi connectivity index (χ1) is 17.1. The minimum Gasteiger partial charge on any atom is -0.467 e. The molecule has 4 rings (SSSR count). The normalized spacial score (nSPS) is 24.4. The summed E-state index contributed by atoms with van der Waals surface area (Å²) in [6, 6.07) is 12.7. The Morgan fingerprint density at radius 1 is 1.08 bits per heavy atom. The lowest BCUT2D eigenvalue weighted by atomic mass is 10.0. The minimum absolute atomic E-state index is 0.0719. The van der Waals surface area contributed by atoms with E-state index in [1.165, 1.54) is 24.4 Å². The number of carbonyl (C=O) groups excluding carboxylic acids is 2. The molecule has 2 fully saturated rings.